The number of hydrogen-bond acceptors (Lipinski definition) is 2. The van der Waals surface area contributed by atoms with E-state index in [0.29, 0.717) is 5.02 Å². The van der Waals surface area contributed by atoms with Gasteiger partial charge in [0.25, 0.3) is 0 Å². The molecule has 2 N–H and O–H groups in total. The van der Waals surface area contributed by atoms with Crippen LogP contribution >= 0.6 is 23.2 Å². The van der Waals surface area contributed by atoms with Crippen molar-refractivity contribution in [3.8, 4) is 5.75 Å². The number of rotatable bonds is 2. The highest BCUT2D eigenvalue weighted by Crippen LogP contribution is 2.37. The van der Waals surface area contributed by atoms with E-state index in [0.717, 1.165) is 34.8 Å². The molecule has 23 heavy (non-hydrogen) atoms. The molecule has 1 aromatic heterocycles. The number of methoxy groups -OCH3 is 1. The van der Waals surface area contributed by atoms with Gasteiger partial charge in [-0.2, -0.15) is 0 Å². The van der Waals surface area contributed by atoms with Gasteiger partial charge in [0.2, 0.25) is 0 Å². The molecule has 2 aromatic carbocycles. The molecule has 3 aromatic rings. The van der Waals surface area contributed by atoms with Crippen molar-refractivity contribution in [2.24, 2.45) is 0 Å². The van der Waals surface area contributed by atoms with Gasteiger partial charge in [0.1, 0.15) is 5.75 Å². The lowest BCUT2D eigenvalue weighted by Crippen LogP contribution is -2.30. The number of halogens is 2. The van der Waals surface area contributed by atoms with Crippen LogP contribution in [-0.2, 0) is 6.42 Å². The summed E-state index contributed by atoms with van der Waals surface area (Å²) < 4.78 is 5.24. The van der Waals surface area contributed by atoms with Crippen molar-refractivity contribution in [2.75, 3.05) is 13.7 Å². The molecule has 118 valence electrons. The zero-order valence-electron chi connectivity index (χ0n) is 12.6. The number of H-pyrrole nitrogens is 1. The predicted molar refractivity (Wildman–Crippen MR) is 94.9 cm³/mol. The van der Waals surface area contributed by atoms with Gasteiger partial charge in [-0.05, 0) is 47.9 Å². The van der Waals surface area contributed by atoms with E-state index in [9.17, 15) is 0 Å². The molecule has 0 amide bonds. The average molecular weight is 347 g/mol. The maximum Gasteiger partial charge on any atom is 0.120 e. The third kappa shape index (κ3) is 2.49. The molecule has 0 saturated heterocycles. The Bertz CT molecular complexity index is 888. The number of benzene rings is 2. The van der Waals surface area contributed by atoms with Crippen molar-refractivity contribution in [3.05, 3.63) is 63.3 Å². The zero-order valence-corrected chi connectivity index (χ0v) is 14.1. The Morgan fingerprint density at radius 3 is 2.78 bits per heavy atom. The maximum atomic E-state index is 6.48. The Balaban J connectivity index is 1.86. The standard InChI is InChI=1S/C18H16Cl2N2O/c1-23-11-3-4-13(15(20)9-11)17-18-12(6-7-21-17)14-8-10(19)2-5-16(14)22-18/h2-5,8-9,17,21-22H,6-7H2,1H3. The van der Waals surface area contributed by atoms with E-state index < -0.39 is 0 Å². The molecule has 1 aliphatic rings. The molecule has 1 atom stereocenters. The second-order valence-electron chi connectivity index (χ2n) is 5.73. The number of ether oxygens (including phenoxy) is 1. The zero-order chi connectivity index (χ0) is 16.0. The second kappa shape index (κ2) is 5.75. The first-order valence-electron chi connectivity index (χ1n) is 7.54. The van der Waals surface area contributed by atoms with Crippen LogP contribution in [0.25, 0.3) is 10.9 Å². The van der Waals surface area contributed by atoms with Gasteiger partial charge in [-0.3, -0.25) is 0 Å². The number of hydrogen-bond donors (Lipinski definition) is 2. The lowest BCUT2D eigenvalue weighted by molar-refractivity contribution is 0.414. The highest BCUT2D eigenvalue weighted by molar-refractivity contribution is 6.32. The fraction of sp³-hybridized carbons (Fsp3) is 0.222. The molecule has 3 nitrogen and oxygen atoms in total. The minimum atomic E-state index is 0.0448. The van der Waals surface area contributed by atoms with Gasteiger partial charge < -0.3 is 15.0 Å². The largest absolute Gasteiger partial charge is 0.497 e. The molecule has 0 saturated carbocycles. The first-order chi connectivity index (χ1) is 11.2. The fourth-order valence-corrected chi connectivity index (χ4v) is 3.79. The highest BCUT2D eigenvalue weighted by atomic mass is 35.5. The van der Waals surface area contributed by atoms with Gasteiger partial charge in [-0.1, -0.05) is 29.3 Å². The molecular formula is C18H16Cl2N2O. The van der Waals surface area contributed by atoms with Crippen molar-refractivity contribution in [3.63, 3.8) is 0 Å². The van der Waals surface area contributed by atoms with Crippen molar-refractivity contribution in [1.82, 2.24) is 10.3 Å². The molecule has 0 fully saturated rings. The maximum absolute atomic E-state index is 6.48. The van der Waals surface area contributed by atoms with Crippen LogP contribution in [-0.4, -0.2) is 18.6 Å². The van der Waals surface area contributed by atoms with Gasteiger partial charge in [0, 0.05) is 33.2 Å². The summed E-state index contributed by atoms with van der Waals surface area (Å²) >= 11 is 12.6. The molecule has 0 radical (unpaired) electrons. The molecule has 5 heteroatoms. The highest BCUT2D eigenvalue weighted by Gasteiger charge is 2.26. The summed E-state index contributed by atoms with van der Waals surface area (Å²) in [7, 11) is 1.64. The molecule has 0 spiro atoms. The van der Waals surface area contributed by atoms with Crippen molar-refractivity contribution < 1.29 is 4.74 Å². The third-order valence-corrected chi connectivity index (χ3v) is 4.99. The van der Waals surface area contributed by atoms with Crippen molar-refractivity contribution in [2.45, 2.75) is 12.5 Å². The fourth-order valence-electron chi connectivity index (χ4n) is 3.33. The molecule has 0 aliphatic carbocycles. The van der Waals surface area contributed by atoms with E-state index in [1.165, 1.54) is 16.6 Å². The Kier molecular flexibility index (Phi) is 3.72. The topological polar surface area (TPSA) is 37.0 Å². The lowest BCUT2D eigenvalue weighted by atomic mass is 9.94. The molecule has 2 heterocycles. The first-order valence-corrected chi connectivity index (χ1v) is 8.30. The number of nitrogens with one attached hydrogen (secondary N) is 2. The van der Waals surface area contributed by atoms with E-state index in [2.05, 4.69) is 10.3 Å². The summed E-state index contributed by atoms with van der Waals surface area (Å²) in [5, 5.41) is 6.22. The lowest BCUT2D eigenvalue weighted by Gasteiger charge is -2.25. The van der Waals surface area contributed by atoms with Crippen LogP contribution in [0.15, 0.2) is 36.4 Å². The van der Waals surface area contributed by atoms with Gasteiger partial charge in [0.15, 0.2) is 0 Å². The van der Waals surface area contributed by atoms with Gasteiger partial charge in [0.05, 0.1) is 13.2 Å². The monoisotopic (exact) mass is 346 g/mol. The summed E-state index contributed by atoms with van der Waals surface area (Å²) in [6.45, 7) is 0.902. The molecule has 1 aliphatic heterocycles. The van der Waals surface area contributed by atoms with E-state index in [4.69, 9.17) is 27.9 Å². The van der Waals surface area contributed by atoms with Crippen LogP contribution in [0.2, 0.25) is 10.0 Å². The van der Waals surface area contributed by atoms with Crippen LogP contribution in [0, 0.1) is 0 Å². The second-order valence-corrected chi connectivity index (χ2v) is 6.58. The van der Waals surface area contributed by atoms with E-state index >= 15 is 0 Å². The minimum absolute atomic E-state index is 0.0448. The Morgan fingerprint density at radius 2 is 2.00 bits per heavy atom. The molecule has 0 bridgehead atoms. The van der Waals surface area contributed by atoms with E-state index in [1.54, 1.807) is 7.11 Å². The normalized spacial score (nSPS) is 17.3. The Morgan fingerprint density at radius 1 is 1.13 bits per heavy atom. The average Bonchev–Trinajstić information content (AvgIpc) is 2.93. The number of aromatic amines is 1. The van der Waals surface area contributed by atoms with Gasteiger partial charge in [-0.15, -0.1) is 0 Å². The summed E-state index contributed by atoms with van der Waals surface area (Å²) in [6, 6.07) is 11.8. The molecule has 1 unspecified atom stereocenters. The van der Waals surface area contributed by atoms with Crippen molar-refractivity contribution in [1.29, 1.82) is 0 Å². The summed E-state index contributed by atoms with van der Waals surface area (Å²) in [5.41, 5.74) is 4.64. The predicted octanol–water partition coefficient (Wildman–Crippen LogP) is 4.72. The minimum Gasteiger partial charge on any atom is -0.497 e. The summed E-state index contributed by atoms with van der Waals surface area (Å²) in [4.78, 5) is 3.54. The summed E-state index contributed by atoms with van der Waals surface area (Å²) in [5.74, 6) is 0.762. The van der Waals surface area contributed by atoms with E-state index in [-0.39, 0.29) is 6.04 Å². The summed E-state index contributed by atoms with van der Waals surface area (Å²) in [6.07, 6.45) is 0.972. The molecule has 4 rings (SSSR count). The quantitative estimate of drug-likeness (QED) is 0.704. The van der Waals surface area contributed by atoms with Crippen molar-refractivity contribution >= 4 is 34.1 Å². The van der Waals surface area contributed by atoms with Crippen LogP contribution < -0.4 is 10.1 Å². The Hall–Kier alpha value is -1.68. The Labute approximate surface area is 144 Å². The number of fused-ring (bicyclic) bond motifs is 3. The van der Waals surface area contributed by atoms with Gasteiger partial charge in [-0.25, -0.2) is 0 Å². The van der Waals surface area contributed by atoms with Gasteiger partial charge >= 0.3 is 0 Å². The SMILES string of the molecule is COc1ccc(C2NCCc3c2[nH]c2ccc(Cl)cc32)c(Cl)c1. The van der Waals surface area contributed by atoms with Crippen LogP contribution in [0.5, 0.6) is 5.75 Å². The molecular weight excluding hydrogens is 331 g/mol. The number of aromatic nitrogens is 1. The van der Waals surface area contributed by atoms with Crippen LogP contribution in [0.1, 0.15) is 22.9 Å². The first kappa shape index (κ1) is 14.9. The van der Waals surface area contributed by atoms with Crippen LogP contribution in [0.4, 0.5) is 0 Å². The smallest absolute Gasteiger partial charge is 0.120 e. The van der Waals surface area contributed by atoms with Crippen LogP contribution in [0.3, 0.4) is 0 Å². The third-order valence-electron chi connectivity index (χ3n) is 4.43. The van der Waals surface area contributed by atoms with E-state index in [1.807, 2.05) is 36.4 Å².